The highest BCUT2D eigenvalue weighted by Crippen LogP contribution is 2.25. The van der Waals surface area contributed by atoms with Crippen molar-refractivity contribution in [1.82, 2.24) is 5.43 Å². The number of halogens is 1. The molecule has 1 aromatic carbocycles. The molecule has 4 nitrogen and oxygen atoms in total. The molecular formula is C10H9ClN2O2. The molecule has 15 heavy (non-hydrogen) atoms. The minimum absolute atomic E-state index is 0.0220. The van der Waals surface area contributed by atoms with Gasteiger partial charge < -0.3 is 5.11 Å². The van der Waals surface area contributed by atoms with E-state index in [2.05, 4.69) is 10.5 Å². The van der Waals surface area contributed by atoms with Crippen molar-refractivity contribution in [3.8, 4) is 5.75 Å². The van der Waals surface area contributed by atoms with Crippen molar-refractivity contribution < 1.29 is 9.90 Å². The van der Waals surface area contributed by atoms with E-state index in [1.807, 2.05) is 0 Å². The SMILES string of the molecule is O=C1CCC(c2ccc(Cl)c(O)c2)=NN1. The van der Waals surface area contributed by atoms with E-state index in [4.69, 9.17) is 11.6 Å². The van der Waals surface area contributed by atoms with E-state index < -0.39 is 0 Å². The molecule has 1 aliphatic rings. The molecule has 1 heterocycles. The lowest BCUT2D eigenvalue weighted by atomic mass is 10.0. The number of benzene rings is 1. The molecule has 0 spiro atoms. The van der Waals surface area contributed by atoms with Crippen molar-refractivity contribution in [3.05, 3.63) is 28.8 Å². The van der Waals surface area contributed by atoms with E-state index in [1.54, 1.807) is 18.2 Å². The van der Waals surface area contributed by atoms with Crippen molar-refractivity contribution in [2.24, 2.45) is 5.10 Å². The maximum absolute atomic E-state index is 10.9. The van der Waals surface area contributed by atoms with Gasteiger partial charge in [0.15, 0.2) is 0 Å². The molecule has 0 radical (unpaired) electrons. The van der Waals surface area contributed by atoms with E-state index in [0.717, 1.165) is 11.3 Å². The van der Waals surface area contributed by atoms with Gasteiger partial charge in [-0.25, -0.2) is 5.43 Å². The fourth-order valence-electron chi connectivity index (χ4n) is 1.37. The third-order valence-corrected chi connectivity index (χ3v) is 2.50. The number of amides is 1. The van der Waals surface area contributed by atoms with Gasteiger partial charge in [0.1, 0.15) is 5.75 Å². The summed E-state index contributed by atoms with van der Waals surface area (Å²) < 4.78 is 0. The van der Waals surface area contributed by atoms with Crippen LogP contribution in [-0.2, 0) is 4.79 Å². The number of phenolic OH excluding ortho intramolecular Hbond substituents is 1. The second-order valence-electron chi connectivity index (χ2n) is 3.26. The quantitative estimate of drug-likeness (QED) is 0.762. The third-order valence-electron chi connectivity index (χ3n) is 2.18. The zero-order valence-electron chi connectivity index (χ0n) is 7.83. The maximum Gasteiger partial charge on any atom is 0.240 e. The number of rotatable bonds is 1. The molecule has 2 N–H and O–H groups in total. The number of carbonyl (C=O) groups is 1. The average Bonchev–Trinajstić information content (AvgIpc) is 2.23. The van der Waals surface area contributed by atoms with E-state index in [9.17, 15) is 9.90 Å². The van der Waals surface area contributed by atoms with Gasteiger partial charge in [-0.2, -0.15) is 5.10 Å². The summed E-state index contributed by atoms with van der Waals surface area (Å²) in [4.78, 5) is 10.9. The number of hydrazone groups is 1. The summed E-state index contributed by atoms with van der Waals surface area (Å²) in [5.74, 6) is -0.0642. The fourth-order valence-corrected chi connectivity index (χ4v) is 1.49. The summed E-state index contributed by atoms with van der Waals surface area (Å²) in [5.41, 5.74) is 3.93. The van der Waals surface area contributed by atoms with Gasteiger partial charge >= 0.3 is 0 Å². The molecule has 0 fully saturated rings. The van der Waals surface area contributed by atoms with Crippen LogP contribution >= 0.6 is 11.6 Å². The Morgan fingerprint density at radius 1 is 1.40 bits per heavy atom. The molecule has 2 rings (SSSR count). The van der Waals surface area contributed by atoms with Crippen molar-refractivity contribution >= 4 is 23.2 Å². The van der Waals surface area contributed by atoms with Crippen LogP contribution < -0.4 is 5.43 Å². The van der Waals surface area contributed by atoms with Gasteiger partial charge in [-0.3, -0.25) is 4.79 Å². The molecule has 0 atom stereocenters. The highest BCUT2D eigenvalue weighted by atomic mass is 35.5. The summed E-state index contributed by atoms with van der Waals surface area (Å²) in [7, 11) is 0. The molecule has 0 saturated heterocycles. The first-order valence-corrected chi connectivity index (χ1v) is 4.89. The number of aromatic hydroxyl groups is 1. The van der Waals surface area contributed by atoms with Crippen LogP contribution in [0.15, 0.2) is 23.3 Å². The lowest BCUT2D eigenvalue weighted by Crippen LogP contribution is -2.25. The van der Waals surface area contributed by atoms with Gasteiger partial charge in [0.25, 0.3) is 0 Å². The van der Waals surface area contributed by atoms with Gasteiger partial charge in [-0.1, -0.05) is 17.7 Å². The minimum atomic E-state index is -0.0862. The molecule has 0 bridgehead atoms. The predicted molar refractivity (Wildman–Crippen MR) is 57.0 cm³/mol. The number of hydrogen-bond acceptors (Lipinski definition) is 3. The molecule has 1 amide bonds. The summed E-state index contributed by atoms with van der Waals surface area (Å²) in [6, 6.07) is 4.90. The van der Waals surface area contributed by atoms with Gasteiger partial charge in [0.2, 0.25) is 5.91 Å². The van der Waals surface area contributed by atoms with E-state index in [1.165, 1.54) is 0 Å². The number of phenols is 1. The van der Waals surface area contributed by atoms with Crippen LogP contribution in [0, 0.1) is 0 Å². The van der Waals surface area contributed by atoms with Crippen LogP contribution in [-0.4, -0.2) is 16.7 Å². The van der Waals surface area contributed by atoms with Crippen molar-refractivity contribution in [2.75, 3.05) is 0 Å². The van der Waals surface area contributed by atoms with Crippen LogP contribution in [0.3, 0.4) is 0 Å². The van der Waals surface area contributed by atoms with Crippen LogP contribution in [0.4, 0.5) is 0 Å². The monoisotopic (exact) mass is 224 g/mol. The van der Waals surface area contributed by atoms with Crippen molar-refractivity contribution in [3.63, 3.8) is 0 Å². The fraction of sp³-hybridized carbons (Fsp3) is 0.200. The van der Waals surface area contributed by atoms with E-state index in [0.29, 0.717) is 17.9 Å². The Labute approximate surface area is 91.6 Å². The molecule has 5 heteroatoms. The number of nitrogens with one attached hydrogen (secondary N) is 1. The first-order valence-electron chi connectivity index (χ1n) is 4.51. The Bertz CT molecular complexity index is 443. The second kappa shape index (κ2) is 3.90. The van der Waals surface area contributed by atoms with Crippen LogP contribution in [0.5, 0.6) is 5.75 Å². The highest BCUT2D eigenvalue weighted by Gasteiger charge is 2.13. The Hall–Kier alpha value is -1.55. The number of hydrogen-bond donors (Lipinski definition) is 2. The Morgan fingerprint density at radius 3 is 2.80 bits per heavy atom. The largest absolute Gasteiger partial charge is 0.506 e. The van der Waals surface area contributed by atoms with Gasteiger partial charge in [0.05, 0.1) is 10.7 Å². The standard InChI is InChI=1S/C10H9ClN2O2/c11-7-2-1-6(5-9(7)14)8-3-4-10(15)13-12-8/h1-2,5,14H,3-4H2,(H,13,15). The lowest BCUT2D eigenvalue weighted by molar-refractivity contribution is -0.121. The number of carbonyl (C=O) groups excluding carboxylic acids is 1. The summed E-state index contributed by atoms with van der Waals surface area (Å²) in [6.07, 6.45) is 0.995. The van der Waals surface area contributed by atoms with Crippen LogP contribution in [0.2, 0.25) is 5.02 Å². The highest BCUT2D eigenvalue weighted by molar-refractivity contribution is 6.32. The molecule has 0 unspecified atom stereocenters. The zero-order valence-corrected chi connectivity index (χ0v) is 8.58. The predicted octanol–water partition coefficient (Wildman–Crippen LogP) is 1.66. The van der Waals surface area contributed by atoms with Gasteiger partial charge in [0, 0.05) is 18.4 Å². The molecule has 78 valence electrons. The summed E-state index contributed by atoms with van der Waals surface area (Å²) in [6.45, 7) is 0. The average molecular weight is 225 g/mol. The molecule has 1 aliphatic heterocycles. The van der Waals surface area contributed by atoms with Crippen LogP contribution in [0.1, 0.15) is 18.4 Å². The minimum Gasteiger partial charge on any atom is -0.506 e. The smallest absolute Gasteiger partial charge is 0.240 e. The lowest BCUT2D eigenvalue weighted by Gasteiger charge is -2.12. The number of nitrogens with zero attached hydrogens (tertiary/aromatic N) is 1. The normalized spacial score (nSPS) is 15.8. The topological polar surface area (TPSA) is 61.7 Å². The van der Waals surface area contributed by atoms with Gasteiger partial charge in [-0.05, 0) is 12.1 Å². The first-order chi connectivity index (χ1) is 7.16. The molecule has 0 aromatic heterocycles. The summed E-state index contributed by atoms with van der Waals surface area (Å²) >= 11 is 5.68. The second-order valence-corrected chi connectivity index (χ2v) is 3.67. The van der Waals surface area contributed by atoms with Crippen molar-refractivity contribution in [2.45, 2.75) is 12.8 Å². The van der Waals surface area contributed by atoms with Gasteiger partial charge in [-0.15, -0.1) is 0 Å². The van der Waals surface area contributed by atoms with E-state index in [-0.39, 0.29) is 11.7 Å². The molecule has 1 aromatic rings. The third kappa shape index (κ3) is 2.10. The maximum atomic E-state index is 10.9. The molecule has 0 aliphatic carbocycles. The van der Waals surface area contributed by atoms with Crippen LogP contribution in [0.25, 0.3) is 0 Å². The molecule has 0 saturated carbocycles. The zero-order chi connectivity index (χ0) is 10.8. The van der Waals surface area contributed by atoms with E-state index >= 15 is 0 Å². The molecular weight excluding hydrogens is 216 g/mol. The van der Waals surface area contributed by atoms with Crippen molar-refractivity contribution in [1.29, 1.82) is 0 Å². The Kier molecular flexibility index (Phi) is 2.60. The summed E-state index contributed by atoms with van der Waals surface area (Å²) in [5, 5.41) is 13.6. The Balaban J connectivity index is 2.30. The Morgan fingerprint density at radius 2 is 2.20 bits per heavy atom. The first kappa shape index (κ1) is 9.98.